The number of piperazine rings is 1. The normalized spacial score (nSPS) is 23.2. The molecule has 1 aliphatic heterocycles. The van der Waals surface area contributed by atoms with Crippen molar-refractivity contribution in [2.45, 2.75) is 19.3 Å². The number of hydrogen-bond donors (Lipinski definition) is 0. The minimum absolute atomic E-state index is 0.0606. The summed E-state index contributed by atoms with van der Waals surface area (Å²) in [5, 5.41) is 0. The SMILES string of the molecule is C[C@H]1C[C@H]1c1ccc(/C=C/C(=O)N2CCN(c3ccccc3)CC2)o1. The van der Waals surface area contributed by atoms with E-state index in [2.05, 4.69) is 36.1 Å². The molecule has 2 atom stereocenters. The highest BCUT2D eigenvalue weighted by molar-refractivity contribution is 5.91. The minimum Gasteiger partial charge on any atom is -0.461 e. The van der Waals surface area contributed by atoms with Crippen LogP contribution in [0.3, 0.4) is 0 Å². The van der Waals surface area contributed by atoms with E-state index in [4.69, 9.17) is 4.42 Å². The number of benzene rings is 1. The highest BCUT2D eigenvalue weighted by Crippen LogP contribution is 2.47. The van der Waals surface area contributed by atoms with Gasteiger partial charge in [0.2, 0.25) is 5.91 Å². The molecule has 2 fully saturated rings. The zero-order valence-electron chi connectivity index (χ0n) is 14.6. The molecule has 4 rings (SSSR count). The van der Waals surface area contributed by atoms with Crippen molar-refractivity contribution < 1.29 is 9.21 Å². The van der Waals surface area contributed by atoms with Gasteiger partial charge in [-0.1, -0.05) is 25.1 Å². The molecule has 130 valence electrons. The van der Waals surface area contributed by atoms with E-state index in [1.165, 1.54) is 12.1 Å². The maximum absolute atomic E-state index is 12.4. The summed E-state index contributed by atoms with van der Waals surface area (Å²) in [6, 6.07) is 14.4. The van der Waals surface area contributed by atoms with Crippen molar-refractivity contribution in [3.63, 3.8) is 0 Å². The summed E-state index contributed by atoms with van der Waals surface area (Å²) >= 11 is 0. The highest BCUT2D eigenvalue weighted by atomic mass is 16.3. The van der Waals surface area contributed by atoms with Crippen molar-refractivity contribution in [1.82, 2.24) is 4.90 Å². The van der Waals surface area contributed by atoms with Gasteiger partial charge < -0.3 is 14.2 Å². The first kappa shape index (κ1) is 16.0. The maximum Gasteiger partial charge on any atom is 0.246 e. The van der Waals surface area contributed by atoms with Crippen molar-refractivity contribution in [2.24, 2.45) is 5.92 Å². The van der Waals surface area contributed by atoms with Crippen LogP contribution in [-0.4, -0.2) is 37.0 Å². The molecule has 1 aliphatic carbocycles. The lowest BCUT2D eigenvalue weighted by molar-refractivity contribution is -0.126. The standard InChI is InChI=1S/C21H24N2O2/c1-16-15-19(16)20-9-7-18(25-20)8-10-21(24)23-13-11-22(12-14-23)17-5-3-2-4-6-17/h2-10,16,19H,11-15H2,1H3/b10-8+/t16-,19+/m0/s1. The second-order valence-corrected chi connectivity index (χ2v) is 7.04. The van der Waals surface area contributed by atoms with E-state index >= 15 is 0 Å². The van der Waals surface area contributed by atoms with Gasteiger partial charge in [-0.2, -0.15) is 0 Å². The Morgan fingerprint density at radius 1 is 1.08 bits per heavy atom. The van der Waals surface area contributed by atoms with Crippen LogP contribution >= 0.6 is 0 Å². The van der Waals surface area contributed by atoms with E-state index in [9.17, 15) is 4.79 Å². The molecule has 1 saturated heterocycles. The Morgan fingerprint density at radius 3 is 2.48 bits per heavy atom. The van der Waals surface area contributed by atoms with Gasteiger partial charge in [0.15, 0.2) is 0 Å². The Labute approximate surface area is 148 Å². The summed E-state index contributed by atoms with van der Waals surface area (Å²) in [4.78, 5) is 16.6. The fraction of sp³-hybridized carbons (Fsp3) is 0.381. The van der Waals surface area contributed by atoms with Crippen LogP contribution in [0.1, 0.15) is 30.8 Å². The summed E-state index contributed by atoms with van der Waals surface area (Å²) in [7, 11) is 0. The van der Waals surface area contributed by atoms with Gasteiger partial charge in [-0.3, -0.25) is 4.79 Å². The van der Waals surface area contributed by atoms with E-state index < -0.39 is 0 Å². The summed E-state index contributed by atoms with van der Waals surface area (Å²) in [5.41, 5.74) is 1.22. The molecule has 0 unspecified atom stereocenters. The molecule has 1 aromatic heterocycles. The largest absolute Gasteiger partial charge is 0.461 e. The first-order valence-corrected chi connectivity index (χ1v) is 9.07. The Hall–Kier alpha value is -2.49. The maximum atomic E-state index is 12.4. The lowest BCUT2D eigenvalue weighted by atomic mass is 10.2. The molecule has 1 amide bonds. The van der Waals surface area contributed by atoms with Gasteiger partial charge in [0.1, 0.15) is 11.5 Å². The smallest absolute Gasteiger partial charge is 0.246 e. The van der Waals surface area contributed by atoms with Crippen LogP contribution in [0.5, 0.6) is 0 Å². The van der Waals surface area contributed by atoms with Gasteiger partial charge in [-0.15, -0.1) is 0 Å². The number of anilines is 1. The Balaban J connectivity index is 1.31. The molecule has 25 heavy (non-hydrogen) atoms. The molecule has 4 heteroatoms. The van der Waals surface area contributed by atoms with Gasteiger partial charge in [-0.25, -0.2) is 0 Å². The van der Waals surface area contributed by atoms with Gasteiger partial charge in [-0.05, 0) is 42.7 Å². The Kier molecular flexibility index (Phi) is 4.35. The fourth-order valence-electron chi connectivity index (χ4n) is 3.46. The number of nitrogens with zero attached hydrogens (tertiary/aromatic N) is 2. The van der Waals surface area contributed by atoms with Gasteiger partial charge in [0.05, 0.1) is 0 Å². The number of carbonyl (C=O) groups excluding carboxylic acids is 1. The van der Waals surface area contributed by atoms with Crippen molar-refractivity contribution in [3.05, 3.63) is 60.1 Å². The first-order chi connectivity index (χ1) is 12.2. The number of amides is 1. The predicted molar refractivity (Wildman–Crippen MR) is 99.5 cm³/mol. The zero-order chi connectivity index (χ0) is 17.2. The summed E-state index contributed by atoms with van der Waals surface area (Å²) in [5.74, 6) is 3.18. The van der Waals surface area contributed by atoms with Crippen molar-refractivity contribution >= 4 is 17.7 Å². The second-order valence-electron chi connectivity index (χ2n) is 7.04. The average molecular weight is 336 g/mol. The Morgan fingerprint density at radius 2 is 1.80 bits per heavy atom. The van der Waals surface area contributed by atoms with Crippen molar-refractivity contribution in [1.29, 1.82) is 0 Å². The summed E-state index contributed by atoms with van der Waals surface area (Å²) in [6.07, 6.45) is 4.64. The number of furan rings is 1. The lowest BCUT2D eigenvalue weighted by Crippen LogP contribution is -2.48. The minimum atomic E-state index is 0.0606. The van der Waals surface area contributed by atoms with Crippen LogP contribution in [0.2, 0.25) is 0 Å². The lowest BCUT2D eigenvalue weighted by Gasteiger charge is -2.35. The third kappa shape index (κ3) is 3.63. The molecular formula is C21H24N2O2. The van der Waals surface area contributed by atoms with Crippen LogP contribution < -0.4 is 4.90 Å². The zero-order valence-corrected chi connectivity index (χ0v) is 14.6. The molecule has 0 spiro atoms. The molecular weight excluding hydrogens is 312 g/mol. The summed E-state index contributed by atoms with van der Waals surface area (Å²) in [6.45, 7) is 5.48. The molecule has 2 aromatic rings. The highest BCUT2D eigenvalue weighted by Gasteiger charge is 2.36. The number of carbonyl (C=O) groups is 1. The van der Waals surface area contributed by atoms with E-state index in [-0.39, 0.29) is 5.91 Å². The molecule has 0 bridgehead atoms. The topological polar surface area (TPSA) is 36.7 Å². The average Bonchev–Trinajstić information content (AvgIpc) is 3.20. The molecule has 1 saturated carbocycles. The van der Waals surface area contributed by atoms with Crippen LogP contribution in [-0.2, 0) is 4.79 Å². The second kappa shape index (κ2) is 6.79. The van der Waals surface area contributed by atoms with E-state index in [0.29, 0.717) is 5.92 Å². The molecule has 2 heterocycles. The molecule has 0 radical (unpaired) electrons. The first-order valence-electron chi connectivity index (χ1n) is 9.07. The number of para-hydroxylation sites is 1. The van der Waals surface area contributed by atoms with Gasteiger partial charge in [0.25, 0.3) is 0 Å². The van der Waals surface area contributed by atoms with Crippen LogP contribution in [0.15, 0.2) is 53.0 Å². The van der Waals surface area contributed by atoms with E-state index in [1.807, 2.05) is 23.1 Å². The third-order valence-electron chi connectivity index (χ3n) is 5.23. The quantitative estimate of drug-likeness (QED) is 0.798. The Bertz CT molecular complexity index is 757. The fourth-order valence-corrected chi connectivity index (χ4v) is 3.46. The molecule has 4 nitrogen and oxygen atoms in total. The van der Waals surface area contributed by atoms with Crippen molar-refractivity contribution in [2.75, 3.05) is 31.1 Å². The predicted octanol–water partition coefficient (Wildman–Crippen LogP) is 3.77. The van der Waals surface area contributed by atoms with Gasteiger partial charge >= 0.3 is 0 Å². The molecule has 0 N–H and O–H groups in total. The monoisotopic (exact) mass is 336 g/mol. The van der Waals surface area contributed by atoms with E-state index in [0.717, 1.165) is 43.6 Å². The number of hydrogen-bond acceptors (Lipinski definition) is 3. The summed E-state index contributed by atoms with van der Waals surface area (Å²) < 4.78 is 5.82. The number of rotatable bonds is 4. The third-order valence-corrected chi connectivity index (χ3v) is 5.23. The van der Waals surface area contributed by atoms with E-state index in [1.54, 1.807) is 12.2 Å². The van der Waals surface area contributed by atoms with Gasteiger partial charge in [0, 0.05) is 43.9 Å². The molecule has 1 aromatic carbocycles. The van der Waals surface area contributed by atoms with Crippen LogP contribution in [0.4, 0.5) is 5.69 Å². The van der Waals surface area contributed by atoms with Crippen molar-refractivity contribution in [3.8, 4) is 0 Å². The van der Waals surface area contributed by atoms with Crippen LogP contribution in [0.25, 0.3) is 6.08 Å². The van der Waals surface area contributed by atoms with Crippen LogP contribution in [0, 0.1) is 5.92 Å². The molecule has 2 aliphatic rings.